The summed E-state index contributed by atoms with van der Waals surface area (Å²) in [6.07, 6.45) is 7.40. The highest BCUT2D eigenvalue weighted by molar-refractivity contribution is 5.91. The zero-order chi connectivity index (χ0) is 14.2. The zero-order valence-corrected chi connectivity index (χ0v) is 11.5. The van der Waals surface area contributed by atoms with Crippen LogP contribution >= 0.6 is 0 Å². The highest BCUT2D eigenvalue weighted by Gasteiger charge is 2.09. The Labute approximate surface area is 121 Å². The maximum absolute atomic E-state index is 5.55. The second kappa shape index (κ2) is 4.59. The molecule has 0 fully saturated rings. The summed E-state index contributed by atoms with van der Waals surface area (Å²) in [6, 6.07) is 10.2. The van der Waals surface area contributed by atoms with E-state index < -0.39 is 0 Å². The average molecular weight is 275 g/mol. The minimum absolute atomic E-state index is 0.838. The lowest BCUT2D eigenvalue weighted by Crippen LogP contribution is -1.90. The molecule has 0 aliphatic rings. The van der Waals surface area contributed by atoms with E-state index in [2.05, 4.69) is 27.1 Å². The van der Waals surface area contributed by atoms with Crippen molar-refractivity contribution in [1.29, 1.82) is 0 Å². The number of hydrogen-bond donors (Lipinski definition) is 1. The number of methoxy groups -OCH3 is 1. The summed E-state index contributed by atoms with van der Waals surface area (Å²) in [5.74, 6) is 0.838. The minimum Gasteiger partial charge on any atom is -0.496 e. The van der Waals surface area contributed by atoms with Crippen LogP contribution in [0.15, 0.2) is 55.1 Å². The molecule has 4 aromatic rings. The summed E-state index contributed by atoms with van der Waals surface area (Å²) < 4.78 is 5.55. The van der Waals surface area contributed by atoms with Gasteiger partial charge in [0.1, 0.15) is 11.4 Å². The van der Waals surface area contributed by atoms with Crippen LogP contribution in [0.3, 0.4) is 0 Å². The molecule has 1 aromatic carbocycles. The molecule has 0 aliphatic heterocycles. The third kappa shape index (κ3) is 1.92. The van der Waals surface area contributed by atoms with Crippen LogP contribution in [0.5, 0.6) is 5.75 Å². The second-order valence-corrected chi connectivity index (χ2v) is 4.91. The van der Waals surface area contributed by atoms with Crippen LogP contribution < -0.4 is 4.74 Å². The molecule has 4 heteroatoms. The summed E-state index contributed by atoms with van der Waals surface area (Å²) in [7, 11) is 1.69. The molecule has 0 amide bonds. The van der Waals surface area contributed by atoms with Crippen molar-refractivity contribution in [2.75, 3.05) is 7.11 Å². The fourth-order valence-corrected chi connectivity index (χ4v) is 2.60. The number of benzene rings is 1. The first-order valence-electron chi connectivity index (χ1n) is 6.70. The van der Waals surface area contributed by atoms with E-state index in [1.54, 1.807) is 13.3 Å². The Bertz CT molecular complexity index is 943. The normalized spacial score (nSPS) is 11.1. The molecular weight excluding hydrogens is 262 g/mol. The van der Waals surface area contributed by atoms with E-state index in [1.807, 2.05) is 36.8 Å². The molecule has 0 saturated heterocycles. The van der Waals surface area contributed by atoms with E-state index in [0.717, 1.165) is 38.7 Å². The molecule has 0 radical (unpaired) electrons. The van der Waals surface area contributed by atoms with E-state index in [-0.39, 0.29) is 0 Å². The van der Waals surface area contributed by atoms with Gasteiger partial charge in [-0.3, -0.25) is 4.98 Å². The molecule has 102 valence electrons. The molecule has 3 heterocycles. The number of hydrogen-bond acceptors (Lipinski definition) is 3. The van der Waals surface area contributed by atoms with Crippen LogP contribution in [0.25, 0.3) is 32.9 Å². The molecule has 0 atom stereocenters. The topological polar surface area (TPSA) is 50.8 Å². The Kier molecular flexibility index (Phi) is 2.60. The molecule has 0 aliphatic carbocycles. The SMILES string of the molecule is COc1cc2ccncc2cc1-c1cnc2[nH]ccc2c1. The number of aromatic nitrogens is 3. The van der Waals surface area contributed by atoms with E-state index in [1.165, 1.54) is 0 Å². The van der Waals surface area contributed by atoms with Crippen LogP contribution in [-0.4, -0.2) is 22.1 Å². The summed E-state index contributed by atoms with van der Waals surface area (Å²) in [5.41, 5.74) is 2.94. The van der Waals surface area contributed by atoms with Crippen molar-refractivity contribution in [3.05, 3.63) is 55.1 Å². The molecule has 3 aromatic heterocycles. The maximum atomic E-state index is 5.55. The van der Waals surface area contributed by atoms with Crippen molar-refractivity contribution < 1.29 is 4.74 Å². The molecule has 4 rings (SSSR count). The summed E-state index contributed by atoms with van der Waals surface area (Å²) in [5, 5.41) is 3.28. The molecule has 0 saturated carbocycles. The Morgan fingerprint density at radius 3 is 2.86 bits per heavy atom. The van der Waals surface area contributed by atoms with Gasteiger partial charge in [0.15, 0.2) is 0 Å². The highest BCUT2D eigenvalue weighted by atomic mass is 16.5. The van der Waals surface area contributed by atoms with Crippen LogP contribution in [-0.2, 0) is 0 Å². The first kappa shape index (κ1) is 11.9. The van der Waals surface area contributed by atoms with E-state index in [9.17, 15) is 0 Å². The molecule has 0 spiro atoms. The largest absolute Gasteiger partial charge is 0.496 e. The van der Waals surface area contributed by atoms with Gasteiger partial charge in [0.05, 0.1) is 7.11 Å². The van der Waals surface area contributed by atoms with Crippen molar-refractivity contribution in [3.8, 4) is 16.9 Å². The fraction of sp³-hybridized carbons (Fsp3) is 0.0588. The van der Waals surface area contributed by atoms with Gasteiger partial charge in [-0.15, -0.1) is 0 Å². The van der Waals surface area contributed by atoms with Crippen LogP contribution in [0.1, 0.15) is 0 Å². The Morgan fingerprint density at radius 1 is 1.00 bits per heavy atom. The highest BCUT2D eigenvalue weighted by Crippen LogP contribution is 2.34. The molecular formula is C17H13N3O. The molecule has 21 heavy (non-hydrogen) atoms. The van der Waals surface area contributed by atoms with Crippen molar-refractivity contribution in [2.45, 2.75) is 0 Å². The molecule has 0 bridgehead atoms. The monoisotopic (exact) mass is 275 g/mol. The van der Waals surface area contributed by atoms with E-state index >= 15 is 0 Å². The number of pyridine rings is 2. The van der Waals surface area contributed by atoms with Crippen LogP contribution in [0.4, 0.5) is 0 Å². The van der Waals surface area contributed by atoms with Gasteiger partial charge in [-0.05, 0) is 35.7 Å². The van der Waals surface area contributed by atoms with Gasteiger partial charge < -0.3 is 9.72 Å². The van der Waals surface area contributed by atoms with Crippen molar-refractivity contribution in [1.82, 2.24) is 15.0 Å². The van der Waals surface area contributed by atoms with Gasteiger partial charge >= 0.3 is 0 Å². The number of nitrogens with zero attached hydrogens (tertiary/aromatic N) is 2. The lowest BCUT2D eigenvalue weighted by Gasteiger charge is -2.10. The van der Waals surface area contributed by atoms with Gasteiger partial charge in [0.2, 0.25) is 0 Å². The number of rotatable bonds is 2. The Hall–Kier alpha value is -2.88. The van der Waals surface area contributed by atoms with E-state index in [4.69, 9.17) is 4.74 Å². The van der Waals surface area contributed by atoms with Gasteiger partial charge in [-0.25, -0.2) is 4.98 Å². The van der Waals surface area contributed by atoms with Crippen LogP contribution in [0, 0.1) is 0 Å². The summed E-state index contributed by atoms with van der Waals surface area (Å²) >= 11 is 0. The number of aromatic amines is 1. The Morgan fingerprint density at radius 2 is 1.95 bits per heavy atom. The fourth-order valence-electron chi connectivity index (χ4n) is 2.60. The molecule has 0 unspecified atom stereocenters. The number of nitrogens with one attached hydrogen (secondary N) is 1. The number of H-pyrrole nitrogens is 1. The van der Waals surface area contributed by atoms with Crippen molar-refractivity contribution in [2.24, 2.45) is 0 Å². The third-order valence-electron chi connectivity index (χ3n) is 3.67. The minimum atomic E-state index is 0.838. The molecule has 4 nitrogen and oxygen atoms in total. The summed E-state index contributed by atoms with van der Waals surface area (Å²) in [4.78, 5) is 11.7. The summed E-state index contributed by atoms with van der Waals surface area (Å²) in [6.45, 7) is 0. The molecule has 1 N–H and O–H groups in total. The van der Waals surface area contributed by atoms with Gasteiger partial charge in [0, 0.05) is 46.7 Å². The van der Waals surface area contributed by atoms with Crippen molar-refractivity contribution in [3.63, 3.8) is 0 Å². The first-order valence-corrected chi connectivity index (χ1v) is 6.70. The van der Waals surface area contributed by atoms with Gasteiger partial charge in [-0.1, -0.05) is 0 Å². The first-order chi connectivity index (χ1) is 10.3. The average Bonchev–Trinajstić information content (AvgIpc) is 3.01. The number of ether oxygens (including phenoxy) is 1. The third-order valence-corrected chi connectivity index (χ3v) is 3.67. The Balaban J connectivity index is 1.98. The smallest absolute Gasteiger partial charge is 0.137 e. The van der Waals surface area contributed by atoms with E-state index in [0.29, 0.717) is 0 Å². The predicted molar refractivity (Wildman–Crippen MR) is 83.4 cm³/mol. The lowest BCUT2D eigenvalue weighted by molar-refractivity contribution is 0.417. The lowest BCUT2D eigenvalue weighted by atomic mass is 10.0. The predicted octanol–water partition coefficient (Wildman–Crippen LogP) is 3.79. The van der Waals surface area contributed by atoms with Gasteiger partial charge in [0.25, 0.3) is 0 Å². The number of fused-ring (bicyclic) bond motifs is 2. The standard InChI is InChI=1S/C17H13N3O/c1-21-16-8-11-2-4-18-9-13(11)7-15(16)14-6-12-3-5-19-17(12)20-10-14/h2-10H,1H3,(H,19,20). The van der Waals surface area contributed by atoms with Crippen LogP contribution in [0.2, 0.25) is 0 Å². The second-order valence-electron chi connectivity index (χ2n) is 4.91. The maximum Gasteiger partial charge on any atom is 0.137 e. The quantitative estimate of drug-likeness (QED) is 0.605. The van der Waals surface area contributed by atoms with Crippen molar-refractivity contribution >= 4 is 21.8 Å². The zero-order valence-electron chi connectivity index (χ0n) is 11.5. The van der Waals surface area contributed by atoms with Gasteiger partial charge in [-0.2, -0.15) is 0 Å².